The van der Waals surface area contributed by atoms with Crippen LogP contribution < -0.4 is 26.4 Å². The third kappa shape index (κ3) is 6.14. The van der Waals surface area contributed by atoms with Crippen molar-refractivity contribution in [2.75, 3.05) is 4.90 Å². The smallest absolute Gasteiger partial charge is 0.370 e. The molecule has 1 aliphatic heterocycles. The Balaban J connectivity index is 0.00000364. The third-order valence-electron chi connectivity index (χ3n) is 9.52. The highest BCUT2D eigenvalue weighted by Crippen LogP contribution is 2.52. The molecule has 238 valence electrons. The molecule has 1 aliphatic carbocycles. The van der Waals surface area contributed by atoms with Crippen LogP contribution in [0.2, 0.25) is 0 Å². The summed E-state index contributed by atoms with van der Waals surface area (Å²) in [5, 5.41) is 10.5. The number of halogens is 1. The zero-order valence-corrected chi connectivity index (χ0v) is 28.8. The van der Waals surface area contributed by atoms with E-state index in [1.165, 1.54) is 58.5 Å². The number of fused-ring (bicyclic) bond motifs is 4. The summed E-state index contributed by atoms with van der Waals surface area (Å²) in [5.74, 6) is -0.322. The number of aromatic nitrogens is 1. The van der Waals surface area contributed by atoms with Gasteiger partial charge in [0.15, 0.2) is 0 Å². The lowest BCUT2D eigenvalue weighted by Crippen LogP contribution is -3.00. The van der Waals surface area contributed by atoms with Crippen molar-refractivity contribution in [2.24, 2.45) is 0 Å². The fourth-order valence-corrected chi connectivity index (χ4v) is 8.49. The zero-order chi connectivity index (χ0) is 31.7. The predicted octanol–water partition coefficient (Wildman–Crippen LogP) is 6.82. The fourth-order valence-electron chi connectivity index (χ4n) is 7.42. The highest BCUT2D eigenvalue weighted by molar-refractivity contribution is 7.18. The molecule has 1 fully saturated rings. The third-order valence-corrected chi connectivity index (χ3v) is 10.7. The standard InChI is InChI=1S/C42H34N2O2S.BrH/c45-42(46)28-43-39-15-7-8-17-40(39)47-41(43)25-21-30-20-24-38-36(27-30)34-14-9-16-37(34)44(38)33-22-18-29(19-23-33)26-35(31-10-3-1-4-11-31)32-12-5-2-6-13-32;/h1-8,10-13,15,17-27,34,37H,9,14,16,28H2;1H. The van der Waals surface area contributed by atoms with Crippen LogP contribution >= 0.6 is 11.3 Å². The van der Waals surface area contributed by atoms with Gasteiger partial charge < -0.3 is 27.0 Å². The van der Waals surface area contributed by atoms with Crippen molar-refractivity contribution in [3.05, 3.63) is 160 Å². The Kier molecular flexibility index (Phi) is 9.11. The van der Waals surface area contributed by atoms with E-state index < -0.39 is 5.97 Å². The molecular weight excluding hydrogens is 676 g/mol. The molecule has 1 aromatic heterocycles. The van der Waals surface area contributed by atoms with Crippen molar-refractivity contribution in [3.63, 3.8) is 0 Å². The maximum absolute atomic E-state index is 11.7. The first-order chi connectivity index (χ1) is 23.1. The number of carboxylic acids is 1. The van der Waals surface area contributed by atoms with E-state index in [0.717, 1.165) is 20.8 Å². The Morgan fingerprint density at radius 2 is 1.46 bits per heavy atom. The molecule has 6 heteroatoms. The van der Waals surface area contributed by atoms with Crippen LogP contribution in [0.5, 0.6) is 0 Å². The number of thiazole rings is 1. The van der Waals surface area contributed by atoms with Gasteiger partial charge in [-0.3, -0.25) is 0 Å². The molecule has 1 saturated carbocycles. The highest BCUT2D eigenvalue weighted by atomic mass is 79.9. The van der Waals surface area contributed by atoms with Crippen molar-refractivity contribution in [2.45, 2.75) is 37.8 Å². The lowest BCUT2D eigenvalue weighted by Gasteiger charge is -2.27. The first-order valence-electron chi connectivity index (χ1n) is 16.3. The van der Waals surface area contributed by atoms with E-state index in [1.54, 1.807) is 11.3 Å². The van der Waals surface area contributed by atoms with Crippen molar-refractivity contribution in [3.8, 4) is 0 Å². The van der Waals surface area contributed by atoms with Gasteiger partial charge in [-0.05, 0) is 88.7 Å². The first-order valence-corrected chi connectivity index (χ1v) is 17.1. The topological polar surface area (TPSA) is 44.4 Å². The van der Waals surface area contributed by atoms with E-state index in [-0.39, 0.29) is 23.5 Å². The first kappa shape index (κ1) is 31.8. The fraction of sp³-hybridized carbons (Fsp3) is 0.143. The zero-order valence-electron chi connectivity index (χ0n) is 26.4. The molecule has 6 aromatic rings. The molecular formula is C42H35BrN2O2S. The minimum atomic E-state index is -0.838. The number of aliphatic carboxylic acids is 1. The summed E-state index contributed by atoms with van der Waals surface area (Å²) in [4.78, 5) is 14.2. The Bertz CT molecular complexity index is 2100. The summed E-state index contributed by atoms with van der Waals surface area (Å²) >= 11 is 1.63. The van der Waals surface area contributed by atoms with Crippen molar-refractivity contribution < 1.29 is 31.4 Å². The molecule has 2 atom stereocenters. The number of benzene rings is 5. The lowest BCUT2D eigenvalue weighted by molar-refractivity contribution is -0.657. The molecule has 0 amide bonds. The predicted molar refractivity (Wildman–Crippen MR) is 194 cm³/mol. The molecule has 0 bridgehead atoms. The van der Waals surface area contributed by atoms with E-state index in [0.29, 0.717) is 12.0 Å². The van der Waals surface area contributed by atoms with E-state index in [9.17, 15) is 9.90 Å². The van der Waals surface area contributed by atoms with Gasteiger partial charge in [-0.2, -0.15) is 4.57 Å². The second kappa shape index (κ2) is 13.8. The molecule has 2 heterocycles. The molecule has 5 aromatic carbocycles. The van der Waals surface area contributed by atoms with Crippen LogP contribution in [0.4, 0.5) is 11.4 Å². The summed E-state index contributed by atoms with van der Waals surface area (Å²) in [6.07, 6.45) is 10.1. The normalized spacial score (nSPS) is 16.5. The number of hydrogen-bond acceptors (Lipinski definition) is 3. The largest absolute Gasteiger partial charge is 1.00 e. The molecule has 0 radical (unpaired) electrons. The monoisotopic (exact) mass is 710 g/mol. The quantitative estimate of drug-likeness (QED) is 0.139. The van der Waals surface area contributed by atoms with E-state index in [2.05, 4.69) is 126 Å². The van der Waals surface area contributed by atoms with Crippen LogP contribution in [0.25, 0.3) is 34.0 Å². The van der Waals surface area contributed by atoms with Crippen molar-refractivity contribution in [1.82, 2.24) is 0 Å². The van der Waals surface area contributed by atoms with Crippen LogP contribution in [0, 0.1) is 0 Å². The van der Waals surface area contributed by atoms with Crippen LogP contribution in [0.15, 0.2) is 127 Å². The minimum Gasteiger partial charge on any atom is -1.00 e. The van der Waals surface area contributed by atoms with Crippen molar-refractivity contribution >= 4 is 62.7 Å². The minimum absolute atomic E-state index is 0. The van der Waals surface area contributed by atoms with Gasteiger partial charge in [0.25, 0.3) is 5.01 Å². The van der Waals surface area contributed by atoms with Gasteiger partial charge in [-0.1, -0.05) is 109 Å². The molecule has 4 nitrogen and oxygen atoms in total. The lowest BCUT2D eigenvalue weighted by atomic mass is 9.95. The maximum atomic E-state index is 11.7. The average Bonchev–Trinajstić information content (AvgIpc) is 3.80. The molecule has 1 N–H and O–H groups in total. The molecule has 2 aliphatic rings. The van der Waals surface area contributed by atoms with Crippen LogP contribution in [0.3, 0.4) is 0 Å². The van der Waals surface area contributed by atoms with E-state index >= 15 is 0 Å². The number of para-hydroxylation sites is 1. The van der Waals surface area contributed by atoms with Gasteiger partial charge in [0.1, 0.15) is 4.70 Å². The summed E-state index contributed by atoms with van der Waals surface area (Å²) < 4.78 is 2.98. The van der Waals surface area contributed by atoms with E-state index in [1.807, 2.05) is 28.8 Å². The molecule has 0 spiro atoms. The van der Waals surface area contributed by atoms with E-state index in [4.69, 9.17) is 0 Å². The SMILES string of the molecule is O=C(O)C[n+]1c(/C=C/c2ccc3c(c2)C2CCCC2N3c2ccc(C=C(c3ccccc3)c3ccccc3)cc2)sc2ccccc21.[Br-]. The maximum Gasteiger partial charge on any atom is 0.370 e. The van der Waals surface area contributed by atoms with Gasteiger partial charge in [0.2, 0.25) is 12.1 Å². The second-order valence-electron chi connectivity index (χ2n) is 12.4. The number of carbonyl (C=O) groups is 1. The number of rotatable bonds is 8. The molecule has 48 heavy (non-hydrogen) atoms. The Hall–Kier alpha value is -4.78. The highest BCUT2D eigenvalue weighted by Gasteiger charge is 2.42. The molecule has 2 unspecified atom stereocenters. The number of nitrogens with zero attached hydrogens (tertiary/aromatic N) is 2. The Morgan fingerprint density at radius 3 is 2.17 bits per heavy atom. The van der Waals surface area contributed by atoms with Crippen LogP contribution in [-0.4, -0.2) is 17.1 Å². The van der Waals surface area contributed by atoms with Crippen LogP contribution in [0.1, 0.15) is 58.0 Å². The van der Waals surface area contributed by atoms with Crippen molar-refractivity contribution in [1.29, 1.82) is 0 Å². The molecule has 8 rings (SSSR count). The van der Waals surface area contributed by atoms with Gasteiger partial charge in [0, 0.05) is 35.5 Å². The van der Waals surface area contributed by atoms with Gasteiger partial charge in [0.05, 0.1) is 0 Å². The van der Waals surface area contributed by atoms with Gasteiger partial charge >= 0.3 is 5.97 Å². The summed E-state index contributed by atoms with van der Waals surface area (Å²) in [7, 11) is 0. The number of carboxylic acid groups (broad SMARTS) is 1. The Labute approximate surface area is 295 Å². The summed E-state index contributed by atoms with van der Waals surface area (Å²) in [5.41, 5.74) is 10.9. The average molecular weight is 712 g/mol. The number of hydrogen-bond donors (Lipinski definition) is 1. The van der Waals surface area contributed by atoms with Gasteiger partial charge in [-0.15, -0.1) is 0 Å². The number of anilines is 2. The second-order valence-corrected chi connectivity index (χ2v) is 13.5. The van der Waals surface area contributed by atoms with Gasteiger partial charge in [-0.25, -0.2) is 4.79 Å². The Morgan fingerprint density at radius 1 is 0.792 bits per heavy atom. The molecule has 0 saturated heterocycles. The van der Waals surface area contributed by atoms with Crippen LogP contribution in [-0.2, 0) is 11.3 Å². The summed E-state index contributed by atoms with van der Waals surface area (Å²) in [6.45, 7) is -0.0546. The summed E-state index contributed by atoms with van der Waals surface area (Å²) in [6, 6.07) is 45.6.